The number of benzene rings is 1. The summed E-state index contributed by atoms with van der Waals surface area (Å²) in [6, 6.07) is 7.64. The van der Waals surface area contributed by atoms with Gasteiger partial charge in [0.2, 0.25) is 0 Å². The second kappa shape index (κ2) is 8.16. The summed E-state index contributed by atoms with van der Waals surface area (Å²) in [5.41, 5.74) is 2.03. The van der Waals surface area contributed by atoms with Crippen molar-refractivity contribution in [3.63, 3.8) is 0 Å². The molecule has 0 radical (unpaired) electrons. The van der Waals surface area contributed by atoms with E-state index in [0.717, 1.165) is 17.5 Å². The molecular formula is C19H23NO4S. The Morgan fingerprint density at radius 1 is 1.20 bits per heavy atom. The summed E-state index contributed by atoms with van der Waals surface area (Å²) in [4.78, 5) is 25.7. The number of carboxylic acids is 1. The lowest BCUT2D eigenvalue weighted by Gasteiger charge is -2.16. The quantitative estimate of drug-likeness (QED) is 0.791. The van der Waals surface area contributed by atoms with Crippen LogP contribution in [0.4, 0.5) is 0 Å². The van der Waals surface area contributed by atoms with Crippen LogP contribution in [-0.2, 0) is 11.2 Å². The fourth-order valence-corrected chi connectivity index (χ4v) is 3.72. The summed E-state index contributed by atoms with van der Waals surface area (Å²) in [7, 11) is 0. The molecule has 6 heteroatoms. The van der Waals surface area contributed by atoms with E-state index in [1.54, 1.807) is 37.3 Å². The minimum atomic E-state index is -1.03. The van der Waals surface area contributed by atoms with E-state index in [2.05, 4.69) is 24.4 Å². The van der Waals surface area contributed by atoms with Gasteiger partial charge in [-0.15, -0.1) is 11.3 Å². The Morgan fingerprint density at radius 3 is 2.36 bits per heavy atom. The number of aliphatic carboxylic acids is 1. The van der Waals surface area contributed by atoms with E-state index in [-0.39, 0.29) is 11.9 Å². The number of ether oxygens (including phenoxy) is 1. The molecule has 2 rings (SSSR count). The highest BCUT2D eigenvalue weighted by molar-refractivity contribution is 7.11. The van der Waals surface area contributed by atoms with Crippen LogP contribution in [-0.4, -0.2) is 29.6 Å². The van der Waals surface area contributed by atoms with Gasteiger partial charge in [-0.25, -0.2) is 4.79 Å². The van der Waals surface area contributed by atoms with E-state index in [1.807, 2.05) is 6.92 Å². The van der Waals surface area contributed by atoms with Gasteiger partial charge in [0.15, 0.2) is 6.61 Å². The zero-order chi connectivity index (χ0) is 18.6. The number of nitrogens with one attached hydrogen (secondary N) is 1. The Bertz CT molecular complexity index is 758. The molecule has 0 aliphatic heterocycles. The minimum absolute atomic E-state index is 0.0223. The number of carbonyl (C=O) groups is 2. The molecule has 25 heavy (non-hydrogen) atoms. The van der Waals surface area contributed by atoms with Crippen LogP contribution in [0.3, 0.4) is 0 Å². The monoisotopic (exact) mass is 361 g/mol. The maximum absolute atomic E-state index is 12.5. The lowest BCUT2D eigenvalue weighted by molar-refractivity contribution is -0.139. The predicted molar refractivity (Wildman–Crippen MR) is 98.7 cm³/mol. The Hall–Kier alpha value is -2.34. The van der Waals surface area contributed by atoms with Gasteiger partial charge in [-0.3, -0.25) is 4.79 Å². The molecule has 1 amide bonds. The van der Waals surface area contributed by atoms with Gasteiger partial charge in [0.05, 0.1) is 0 Å². The maximum Gasteiger partial charge on any atom is 0.341 e. The SMILES string of the molecule is Cc1ccc(CC(C)NC(=O)c2cc(C)c(OCC(=O)O)c(C)c2)s1. The molecule has 1 aromatic heterocycles. The summed E-state index contributed by atoms with van der Waals surface area (Å²) < 4.78 is 5.30. The fourth-order valence-electron chi connectivity index (χ4n) is 2.70. The van der Waals surface area contributed by atoms with Crippen LogP contribution in [0.25, 0.3) is 0 Å². The number of thiophene rings is 1. The molecule has 1 unspecified atom stereocenters. The number of rotatable bonds is 7. The third-order valence-electron chi connectivity index (χ3n) is 3.74. The summed E-state index contributed by atoms with van der Waals surface area (Å²) in [5.74, 6) is -0.656. The van der Waals surface area contributed by atoms with Crippen LogP contribution in [0, 0.1) is 20.8 Å². The van der Waals surface area contributed by atoms with Crippen molar-refractivity contribution < 1.29 is 19.4 Å². The summed E-state index contributed by atoms with van der Waals surface area (Å²) in [6.07, 6.45) is 0.794. The number of hydrogen-bond donors (Lipinski definition) is 2. The summed E-state index contributed by atoms with van der Waals surface area (Å²) >= 11 is 1.74. The molecule has 0 saturated heterocycles. The van der Waals surface area contributed by atoms with Gasteiger partial charge in [0.25, 0.3) is 5.91 Å². The topological polar surface area (TPSA) is 75.6 Å². The highest BCUT2D eigenvalue weighted by Gasteiger charge is 2.15. The number of hydrogen-bond acceptors (Lipinski definition) is 4. The average Bonchev–Trinajstić information content (AvgIpc) is 2.90. The molecule has 5 nitrogen and oxygen atoms in total. The molecule has 2 N–H and O–H groups in total. The van der Waals surface area contributed by atoms with Crippen molar-refractivity contribution >= 4 is 23.2 Å². The van der Waals surface area contributed by atoms with Crippen molar-refractivity contribution in [1.82, 2.24) is 5.32 Å². The van der Waals surface area contributed by atoms with Gasteiger partial charge in [-0.1, -0.05) is 0 Å². The first-order valence-corrected chi connectivity index (χ1v) is 8.90. The van der Waals surface area contributed by atoms with Gasteiger partial charge < -0.3 is 15.2 Å². The van der Waals surface area contributed by atoms with Crippen molar-refractivity contribution in [2.24, 2.45) is 0 Å². The summed E-state index contributed by atoms with van der Waals surface area (Å²) in [5, 5.41) is 11.7. The number of aryl methyl sites for hydroxylation is 3. The fraction of sp³-hybridized carbons (Fsp3) is 0.368. The zero-order valence-corrected chi connectivity index (χ0v) is 15.7. The van der Waals surface area contributed by atoms with Crippen molar-refractivity contribution in [2.75, 3.05) is 6.61 Å². The maximum atomic E-state index is 12.5. The number of carboxylic acid groups (broad SMARTS) is 1. The van der Waals surface area contributed by atoms with E-state index >= 15 is 0 Å². The van der Waals surface area contributed by atoms with Crippen LogP contribution in [0.1, 0.15) is 38.2 Å². The lowest BCUT2D eigenvalue weighted by atomic mass is 10.0. The molecular weight excluding hydrogens is 338 g/mol. The normalized spacial score (nSPS) is 11.8. The molecule has 2 aromatic rings. The van der Waals surface area contributed by atoms with Gasteiger partial charge in [0, 0.05) is 27.8 Å². The third kappa shape index (κ3) is 5.32. The highest BCUT2D eigenvalue weighted by Crippen LogP contribution is 2.25. The Kier molecular flexibility index (Phi) is 6.20. The first-order valence-electron chi connectivity index (χ1n) is 8.08. The largest absolute Gasteiger partial charge is 0.481 e. The van der Waals surface area contributed by atoms with Gasteiger partial charge in [-0.2, -0.15) is 0 Å². The number of amides is 1. The van der Waals surface area contributed by atoms with Crippen LogP contribution < -0.4 is 10.1 Å². The summed E-state index contributed by atoms with van der Waals surface area (Å²) in [6.45, 7) is 7.26. The minimum Gasteiger partial charge on any atom is -0.481 e. The molecule has 0 aliphatic rings. The molecule has 0 fully saturated rings. The van der Waals surface area contributed by atoms with Crippen molar-refractivity contribution in [1.29, 1.82) is 0 Å². The molecule has 1 atom stereocenters. The smallest absolute Gasteiger partial charge is 0.341 e. The first-order chi connectivity index (χ1) is 11.8. The van der Waals surface area contributed by atoms with Crippen molar-refractivity contribution in [2.45, 2.75) is 40.2 Å². The molecule has 0 aliphatic carbocycles. The van der Waals surface area contributed by atoms with Crippen molar-refractivity contribution in [3.8, 4) is 5.75 Å². The predicted octanol–water partition coefficient (Wildman–Crippen LogP) is 3.50. The van der Waals surface area contributed by atoms with Crippen LogP contribution >= 0.6 is 11.3 Å². The van der Waals surface area contributed by atoms with Gasteiger partial charge in [0.1, 0.15) is 5.75 Å². The molecule has 1 heterocycles. The number of carbonyl (C=O) groups excluding carboxylic acids is 1. The van der Waals surface area contributed by atoms with E-state index < -0.39 is 12.6 Å². The molecule has 0 bridgehead atoms. The molecule has 0 saturated carbocycles. The van der Waals surface area contributed by atoms with Crippen LogP contribution in [0.15, 0.2) is 24.3 Å². The lowest BCUT2D eigenvalue weighted by Crippen LogP contribution is -2.34. The van der Waals surface area contributed by atoms with E-state index in [4.69, 9.17) is 9.84 Å². The second-order valence-corrected chi connectivity index (χ2v) is 7.59. The first kappa shape index (κ1) is 19.0. The van der Waals surface area contributed by atoms with E-state index in [9.17, 15) is 9.59 Å². The Morgan fingerprint density at radius 2 is 1.84 bits per heavy atom. The third-order valence-corrected chi connectivity index (χ3v) is 4.77. The highest BCUT2D eigenvalue weighted by atomic mass is 32.1. The van der Waals surface area contributed by atoms with Crippen LogP contribution in [0.2, 0.25) is 0 Å². The van der Waals surface area contributed by atoms with E-state index in [0.29, 0.717) is 11.3 Å². The van der Waals surface area contributed by atoms with Gasteiger partial charge in [-0.05, 0) is 63.1 Å². The zero-order valence-electron chi connectivity index (χ0n) is 14.9. The van der Waals surface area contributed by atoms with E-state index in [1.165, 1.54) is 9.75 Å². The van der Waals surface area contributed by atoms with Crippen LogP contribution in [0.5, 0.6) is 5.75 Å². The Labute approximate surface area is 151 Å². The Balaban J connectivity index is 2.04. The average molecular weight is 361 g/mol. The molecule has 0 spiro atoms. The second-order valence-electron chi connectivity index (χ2n) is 6.21. The van der Waals surface area contributed by atoms with Gasteiger partial charge >= 0.3 is 5.97 Å². The molecule has 134 valence electrons. The molecule has 1 aromatic carbocycles. The van der Waals surface area contributed by atoms with Crippen molar-refractivity contribution in [3.05, 3.63) is 50.7 Å². The standard InChI is InChI=1S/C19H23NO4S/c1-11-7-15(8-12(2)18(11)24-10-17(21)22)19(23)20-13(3)9-16-6-5-14(4)25-16/h5-8,13H,9-10H2,1-4H3,(H,20,23)(H,21,22).